The van der Waals surface area contributed by atoms with Gasteiger partial charge in [-0.15, -0.1) is 0 Å². The molecule has 0 bridgehead atoms. The molecule has 0 unspecified atom stereocenters. The maximum absolute atomic E-state index is 12.4. The molecule has 0 radical (unpaired) electrons. The molecule has 0 saturated heterocycles. The quantitative estimate of drug-likeness (QED) is 0.313. The SMILES string of the molecule is NC(=S)c1cc(=O)c2cccc(NC(=O)CCCCCCCCc3ccccc3)c2o1. The Labute approximate surface area is 187 Å². The van der Waals surface area contributed by atoms with Crippen LogP contribution in [0.5, 0.6) is 0 Å². The van der Waals surface area contributed by atoms with Gasteiger partial charge in [0.2, 0.25) is 5.91 Å². The molecule has 3 aromatic rings. The van der Waals surface area contributed by atoms with Gasteiger partial charge >= 0.3 is 0 Å². The summed E-state index contributed by atoms with van der Waals surface area (Å²) in [6.45, 7) is 0. The van der Waals surface area contributed by atoms with Crippen molar-refractivity contribution in [1.82, 2.24) is 0 Å². The van der Waals surface area contributed by atoms with Gasteiger partial charge in [0.1, 0.15) is 4.99 Å². The summed E-state index contributed by atoms with van der Waals surface area (Å²) >= 11 is 4.91. The average molecular weight is 437 g/mol. The zero-order valence-corrected chi connectivity index (χ0v) is 18.4. The van der Waals surface area contributed by atoms with Crippen molar-refractivity contribution >= 4 is 39.8 Å². The van der Waals surface area contributed by atoms with E-state index < -0.39 is 0 Å². The van der Waals surface area contributed by atoms with E-state index in [0.717, 1.165) is 25.7 Å². The van der Waals surface area contributed by atoms with E-state index in [9.17, 15) is 9.59 Å². The fourth-order valence-electron chi connectivity index (χ4n) is 3.58. The van der Waals surface area contributed by atoms with E-state index in [0.29, 0.717) is 23.1 Å². The Balaban J connectivity index is 1.41. The van der Waals surface area contributed by atoms with E-state index in [4.69, 9.17) is 22.4 Å². The lowest BCUT2D eigenvalue weighted by Crippen LogP contribution is -2.15. The number of nitrogens with two attached hydrogens (primary N) is 1. The second-order valence-corrected chi connectivity index (χ2v) is 8.12. The number of hydrogen-bond donors (Lipinski definition) is 2. The van der Waals surface area contributed by atoms with Crippen LogP contribution in [0, 0.1) is 0 Å². The summed E-state index contributed by atoms with van der Waals surface area (Å²) < 4.78 is 5.67. The van der Waals surface area contributed by atoms with Crippen LogP contribution in [-0.2, 0) is 11.2 Å². The molecule has 162 valence electrons. The van der Waals surface area contributed by atoms with Crippen LogP contribution in [0.1, 0.15) is 56.3 Å². The van der Waals surface area contributed by atoms with Crippen molar-refractivity contribution in [3.8, 4) is 0 Å². The lowest BCUT2D eigenvalue weighted by molar-refractivity contribution is -0.116. The van der Waals surface area contributed by atoms with Crippen LogP contribution in [0.15, 0.2) is 63.8 Å². The first-order valence-electron chi connectivity index (χ1n) is 10.7. The van der Waals surface area contributed by atoms with E-state index in [-0.39, 0.29) is 22.1 Å². The molecule has 0 atom stereocenters. The summed E-state index contributed by atoms with van der Waals surface area (Å²) in [5.74, 6) is 0.0430. The number of aryl methyl sites for hydroxylation is 1. The number of para-hydroxylation sites is 1. The highest BCUT2D eigenvalue weighted by molar-refractivity contribution is 7.80. The van der Waals surface area contributed by atoms with Crippen molar-refractivity contribution in [2.75, 3.05) is 5.32 Å². The molecule has 0 spiro atoms. The van der Waals surface area contributed by atoms with Crippen LogP contribution >= 0.6 is 12.2 Å². The van der Waals surface area contributed by atoms with Crippen LogP contribution in [0.25, 0.3) is 11.0 Å². The molecule has 2 aromatic carbocycles. The van der Waals surface area contributed by atoms with Gasteiger partial charge in [-0.2, -0.15) is 0 Å². The number of fused-ring (bicyclic) bond motifs is 1. The molecular weight excluding hydrogens is 408 g/mol. The van der Waals surface area contributed by atoms with Crippen LogP contribution in [0.3, 0.4) is 0 Å². The van der Waals surface area contributed by atoms with E-state index in [1.807, 2.05) is 6.07 Å². The number of hydrogen-bond acceptors (Lipinski definition) is 4. The maximum atomic E-state index is 12.4. The molecule has 3 N–H and O–H groups in total. The van der Waals surface area contributed by atoms with Crippen molar-refractivity contribution in [3.63, 3.8) is 0 Å². The average Bonchev–Trinajstić information content (AvgIpc) is 2.76. The monoisotopic (exact) mass is 436 g/mol. The summed E-state index contributed by atoms with van der Waals surface area (Å²) in [6.07, 6.45) is 8.13. The fourth-order valence-corrected chi connectivity index (χ4v) is 3.68. The molecule has 31 heavy (non-hydrogen) atoms. The van der Waals surface area contributed by atoms with Crippen LogP contribution in [0.4, 0.5) is 5.69 Å². The second-order valence-electron chi connectivity index (χ2n) is 7.68. The maximum Gasteiger partial charge on any atom is 0.224 e. The Hall–Kier alpha value is -2.99. The Bertz CT molecular complexity index is 1090. The number of carbonyl (C=O) groups excluding carboxylic acids is 1. The molecule has 5 nitrogen and oxygen atoms in total. The van der Waals surface area contributed by atoms with Gasteiger partial charge in [0, 0.05) is 12.5 Å². The van der Waals surface area contributed by atoms with Crippen LogP contribution in [-0.4, -0.2) is 10.9 Å². The minimum Gasteiger partial charge on any atom is -0.451 e. The van der Waals surface area contributed by atoms with Gasteiger partial charge in [0.25, 0.3) is 0 Å². The van der Waals surface area contributed by atoms with Gasteiger partial charge in [-0.05, 0) is 37.0 Å². The standard InChI is InChI=1S/C25H28N2O3S/c26-25(31)22-17-21(28)19-14-10-15-20(24(19)30-22)27-23(29)16-9-4-2-1-3-6-11-18-12-7-5-8-13-18/h5,7-8,10,12-15,17H,1-4,6,9,11,16H2,(H2,26,31)(H,27,29). The highest BCUT2D eigenvalue weighted by Gasteiger charge is 2.12. The summed E-state index contributed by atoms with van der Waals surface area (Å²) in [6, 6.07) is 16.9. The topological polar surface area (TPSA) is 85.3 Å². The van der Waals surface area contributed by atoms with Gasteiger partial charge < -0.3 is 15.5 Å². The van der Waals surface area contributed by atoms with Crippen LogP contribution in [0.2, 0.25) is 0 Å². The van der Waals surface area contributed by atoms with Crippen molar-refractivity contribution in [1.29, 1.82) is 0 Å². The molecule has 1 aromatic heterocycles. The molecule has 3 rings (SSSR count). The number of carbonyl (C=O) groups is 1. The molecule has 0 aliphatic rings. The minimum absolute atomic E-state index is 0.00361. The van der Waals surface area contributed by atoms with Crippen molar-refractivity contribution in [2.24, 2.45) is 5.73 Å². The Morgan fingerprint density at radius 2 is 1.65 bits per heavy atom. The number of amides is 1. The summed E-state index contributed by atoms with van der Waals surface area (Å²) in [5.41, 5.74) is 7.49. The molecule has 0 aliphatic carbocycles. The summed E-state index contributed by atoms with van der Waals surface area (Å²) in [5, 5.41) is 3.23. The first-order valence-corrected chi connectivity index (χ1v) is 11.2. The van der Waals surface area contributed by atoms with Gasteiger partial charge in [0.15, 0.2) is 16.8 Å². The zero-order chi connectivity index (χ0) is 22.1. The minimum atomic E-state index is -0.243. The lowest BCUT2D eigenvalue weighted by Gasteiger charge is -2.09. The Morgan fingerprint density at radius 3 is 2.39 bits per heavy atom. The number of unbranched alkanes of at least 4 members (excludes halogenated alkanes) is 5. The number of benzene rings is 2. The third-order valence-corrected chi connectivity index (χ3v) is 5.43. The van der Waals surface area contributed by atoms with E-state index in [1.54, 1.807) is 18.2 Å². The van der Waals surface area contributed by atoms with Crippen LogP contribution < -0.4 is 16.5 Å². The summed E-state index contributed by atoms with van der Waals surface area (Å²) in [4.78, 5) is 24.6. The number of thiocarbonyl (C=S) groups is 1. The largest absolute Gasteiger partial charge is 0.451 e. The first kappa shape index (κ1) is 22.7. The Morgan fingerprint density at radius 1 is 0.935 bits per heavy atom. The molecular formula is C25H28N2O3S. The third-order valence-electron chi connectivity index (χ3n) is 5.23. The first-order chi connectivity index (χ1) is 15.0. The summed E-state index contributed by atoms with van der Waals surface area (Å²) in [7, 11) is 0. The normalized spacial score (nSPS) is 10.8. The highest BCUT2D eigenvalue weighted by atomic mass is 32.1. The van der Waals surface area contributed by atoms with Gasteiger partial charge in [-0.3, -0.25) is 9.59 Å². The van der Waals surface area contributed by atoms with E-state index >= 15 is 0 Å². The van der Waals surface area contributed by atoms with Gasteiger partial charge in [0.05, 0.1) is 11.1 Å². The highest BCUT2D eigenvalue weighted by Crippen LogP contribution is 2.23. The van der Waals surface area contributed by atoms with E-state index in [1.165, 1.54) is 30.9 Å². The lowest BCUT2D eigenvalue weighted by atomic mass is 10.0. The second kappa shape index (κ2) is 11.4. The van der Waals surface area contributed by atoms with Gasteiger partial charge in [-0.25, -0.2) is 0 Å². The molecule has 0 saturated carbocycles. The predicted octanol–water partition coefficient (Wildman–Crippen LogP) is 5.34. The number of nitrogens with one attached hydrogen (secondary N) is 1. The van der Waals surface area contributed by atoms with Crippen molar-refractivity contribution < 1.29 is 9.21 Å². The predicted molar refractivity (Wildman–Crippen MR) is 129 cm³/mol. The number of anilines is 1. The molecule has 1 amide bonds. The fraction of sp³-hybridized carbons (Fsp3) is 0.320. The van der Waals surface area contributed by atoms with Crippen molar-refractivity contribution in [2.45, 2.75) is 51.4 Å². The van der Waals surface area contributed by atoms with E-state index in [2.05, 4.69) is 29.6 Å². The van der Waals surface area contributed by atoms with Gasteiger partial charge in [-0.1, -0.05) is 74.3 Å². The zero-order valence-electron chi connectivity index (χ0n) is 17.6. The molecule has 6 heteroatoms. The third kappa shape index (κ3) is 6.76. The number of rotatable bonds is 11. The molecule has 1 heterocycles. The Kier molecular flexibility index (Phi) is 8.35. The van der Waals surface area contributed by atoms with Crippen molar-refractivity contribution in [3.05, 3.63) is 76.1 Å². The molecule has 0 aliphatic heterocycles. The smallest absolute Gasteiger partial charge is 0.224 e. The molecule has 0 fully saturated rings.